The van der Waals surface area contributed by atoms with E-state index in [0.717, 1.165) is 31.5 Å². The standard InChI is InChI=1S/C18H20N2O3/c1-19-13-11-18(12-14-19,15-7-3-2-4-8-15)23-17-10-6-5-9-16(17)20(21)22/h2-10H,11-14H2,1H3. The van der Waals surface area contributed by atoms with Crippen molar-refractivity contribution in [1.29, 1.82) is 0 Å². The van der Waals surface area contributed by atoms with Gasteiger partial charge in [0.1, 0.15) is 5.60 Å². The van der Waals surface area contributed by atoms with Crippen LogP contribution < -0.4 is 4.74 Å². The van der Waals surface area contributed by atoms with Crippen molar-refractivity contribution < 1.29 is 9.66 Å². The first-order chi connectivity index (χ1) is 11.1. The highest BCUT2D eigenvalue weighted by Crippen LogP contribution is 2.40. The number of piperidine rings is 1. The molecule has 5 heteroatoms. The van der Waals surface area contributed by atoms with Crippen LogP contribution in [0.4, 0.5) is 5.69 Å². The fraction of sp³-hybridized carbons (Fsp3) is 0.333. The number of hydrogen-bond donors (Lipinski definition) is 0. The molecule has 1 aliphatic rings. The maximum atomic E-state index is 11.3. The van der Waals surface area contributed by atoms with Crippen molar-refractivity contribution in [3.63, 3.8) is 0 Å². The molecule has 0 bridgehead atoms. The summed E-state index contributed by atoms with van der Waals surface area (Å²) in [6.07, 6.45) is 1.61. The number of para-hydroxylation sites is 2. The highest BCUT2D eigenvalue weighted by molar-refractivity contribution is 5.46. The van der Waals surface area contributed by atoms with E-state index in [0.29, 0.717) is 5.75 Å². The summed E-state index contributed by atoms with van der Waals surface area (Å²) in [5, 5.41) is 11.3. The summed E-state index contributed by atoms with van der Waals surface area (Å²) in [6.45, 7) is 1.80. The smallest absolute Gasteiger partial charge is 0.310 e. The third kappa shape index (κ3) is 3.19. The molecule has 0 aliphatic carbocycles. The molecule has 120 valence electrons. The quantitative estimate of drug-likeness (QED) is 0.639. The molecular formula is C18H20N2O3. The predicted molar refractivity (Wildman–Crippen MR) is 88.6 cm³/mol. The lowest BCUT2D eigenvalue weighted by molar-refractivity contribution is -0.386. The van der Waals surface area contributed by atoms with E-state index in [1.165, 1.54) is 6.07 Å². The molecule has 0 aromatic heterocycles. The van der Waals surface area contributed by atoms with E-state index in [1.54, 1.807) is 18.2 Å². The van der Waals surface area contributed by atoms with E-state index in [4.69, 9.17) is 4.74 Å². The molecule has 0 saturated carbocycles. The third-order valence-electron chi connectivity index (χ3n) is 4.46. The Morgan fingerprint density at radius 2 is 1.65 bits per heavy atom. The molecule has 1 fully saturated rings. The molecule has 5 nitrogen and oxygen atoms in total. The molecule has 0 unspecified atom stereocenters. The van der Waals surface area contributed by atoms with Crippen LogP contribution in [0.15, 0.2) is 54.6 Å². The SMILES string of the molecule is CN1CCC(Oc2ccccc2[N+](=O)[O-])(c2ccccc2)CC1. The maximum Gasteiger partial charge on any atom is 0.310 e. The number of ether oxygens (including phenoxy) is 1. The van der Waals surface area contributed by atoms with Crippen LogP contribution in [0.3, 0.4) is 0 Å². The Morgan fingerprint density at radius 1 is 1.04 bits per heavy atom. The number of likely N-dealkylation sites (tertiary alicyclic amines) is 1. The number of nitro benzene ring substituents is 1. The van der Waals surface area contributed by atoms with Crippen LogP contribution in [-0.2, 0) is 5.60 Å². The van der Waals surface area contributed by atoms with Crippen LogP contribution in [0.25, 0.3) is 0 Å². The van der Waals surface area contributed by atoms with Gasteiger partial charge in [-0.15, -0.1) is 0 Å². The molecule has 2 aromatic rings. The minimum absolute atomic E-state index is 0.0155. The number of nitrogens with zero attached hydrogens (tertiary/aromatic N) is 2. The lowest BCUT2D eigenvalue weighted by Crippen LogP contribution is -2.44. The Morgan fingerprint density at radius 3 is 2.30 bits per heavy atom. The minimum Gasteiger partial charge on any atom is -0.475 e. The van der Waals surface area contributed by atoms with E-state index in [-0.39, 0.29) is 10.6 Å². The lowest BCUT2D eigenvalue weighted by atomic mass is 9.84. The van der Waals surface area contributed by atoms with Gasteiger partial charge in [0.05, 0.1) is 4.92 Å². The van der Waals surface area contributed by atoms with Gasteiger partial charge in [0.25, 0.3) is 0 Å². The molecular weight excluding hydrogens is 292 g/mol. The molecule has 1 saturated heterocycles. The van der Waals surface area contributed by atoms with Gasteiger partial charge in [0.2, 0.25) is 0 Å². The van der Waals surface area contributed by atoms with E-state index >= 15 is 0 Å². The number of rotatable bonds is 4. The van der Waals surface area contributed by atoms with E-state index in [2.05, 4.69) is 11.9 Å². The average Bonchev–Trinajstić information content (AvgIpc) is 2.58. The second-order valence-electron chi connectivity index (χ2n) is 5.99. The Hall–Kier alpha value is -2.40. The molecule has 3 rings (SSSR count). The van der Waals surface area contributed by atoms with Crippen LogP contribution in [-0.4, -0.2) is 30.0 Å². The summed E-state index contributed by atoms with van der Waals surface area (Å²) in [6, 6.07) is 16.6. The second kappa shape index (κ2) is 6.38. The van der Waals surface area contributed by atoms with Crippen molar-refractivity contribution in [2.24, 2.45) is 0 Å². The van der Waals surface area contributed by atoms with Crippen molar-refractivity contribution in [1.82, 2.24) is 4.90 Å². The van der Waals surface area contributed by atoms with Gasteiger partial charge < -0.3 is 9.64 Å². The summed E-state index contributed by atoms with van der Waals surface area (Å²) in [7, 11) is 2.08. The molecule has 2 aromatic carbocycles. The Kier molecular flexibility index (Phi) is 4.30. The summed E-state index contributed by atoms with van der Waals surface area (Å²) >= 11 is 0. The topological polar surface area (TPSA) is 55.6 Å². The largest absolute Gasteiger partial charge is 0.475 e. The monoisotopic (exact) mass is 312 g/mol. The second-order valence-corrected chi connectivity index (χ2v) is 5.99. The summed E-state index contributed by atoms with van der Waals surface area (Å²) in [5.41, 5.74) is 0.577. The van der Waals surface area contributed by atoms with Gasteiger partial charge in [0, 0.05) is 32.0 Å². The normalized spacial score (nSPS) is 17.6. The first-order valence-electron chi connectivity index (χ1n) is 7.77. The molecule has 0 amide bonds. The van der Waals surface area contributed by atoms with Crippen LogP contribution in [0, 0.1) is 10.1 Å². The van der Waals surface area contributed by atoms with Crippen molar-refractivity contribution >= 4 is 5.69 Å². The minimum atomic E-state index is -0.514. The van der Waals surface area contributed by atoms with Gasteiger partial charge in [0.15, 0.2) is 5.75 Å². The third-order valence-corrected chi connectivity index (χ3v) is 4.46. The van der Waals surface area contributed by atoms with Crippen LogP contribution >= 0.6 is 0 Å². The molecule has 0 spiro atoms. The van der Waals surface area contributed by atoms with Gasteiger partial charge in [-0.25, -0.2) is 0 Å². The van der Waals surface area contributed by atoms with Gasteiger partial charge >= 0.3 is 5.69 Å². The van der Waals surface area contributed by atoms with Crippen LogP contribution in [0.2, 0.25) is 0 Å². The van der Waals surface area contributed by atoms with Crippen LogP contribution in [0.1, 0.15) is 18.4 Å². The van der Waals surface area contributed by atoms with Gasteiger partial charge in [-0.3, -0.25) is 10.1 Å². The molecule has 1 aliphatic heterocycles. The van der Waals surface area contributed by atoms with E-state index in [9.17, 15) is 10.1 Å². The zero-order valence-electron chi connectivity index (χ0n) is 13.1. The van der Waals surface area contributed by atoms with Gasteiger partial charge in [-0.05, 0) is 18.7 Å². The molecule has 0 N–H and O–H groups in total. The van der Waals surface area contributed by atoms with Crippen molar-refractivity contribution in [2.75, 3.05) is 20.1 Å². The highest BCUT2D eigenvalue weighted by Gasteiger charge is 2.39. The Bertz CT molecular complexity index is 680. The highest BCUT2D eigenvalue weighted by atomic mass is 16.6. The number of nitro groups is 1. The zero-order chi connectivity index (χ0) is 16.3. The Balaban J connectivity index is 1.99. The average molecular weight is 312 g/mol. The summed E-state index contributed by atoms with van der Waals surface area (Å²) in [5.74, 6) is 0.339. The molecule has 23 heavy (non-hydrogen) atoms. The van der Waals surface area contributed by atoms with Crippen LogP contribution in [0.5, 0.6) is 5.75 Å². The van der Waals surface area contributed by atoms with Gasteiger partial charge in [-0.1, -0.05) is 42.5 Å². The molecule has 0 atom stereocenters. The van der Waals surface area contributed by atoms with E-state index < -0.39 is 5.60 Å². The molecule has 1 heterocycles. The zero-order valence-corrected chi connectivity index (χ0v) is 13.1. The lowest BCUT2D eigenvalue weighted by Gasteiger charge is -2.41. The van der Waals surface area contributed by atoms with Crippen molar-refractivity contribution in [2.45, 2.75) is 18.4 Å². The number of benzene rings is 2. The fourth-order valence-electron chi connectivity index (χ4n) is 3.08. The Labute approximate surface area is 135 Å². The summed E-state index contributed by atoms with van der Waals surface area (Å²) in [4.78, 5) is 13.1. The first kappa shape index (κ1) is 15.5. The predicted octanol–water partition coefficient (Wildman–Crippen LogP) is 3.59. The van der Waals surface area contributed by atoms with Gasteiger partial charge in [-0.2, -0.15) is 0 Å². The van der Waals surface area contributed by atoms with Crippen molar-refractivity contribution in [3.05, 3.63) is 70.3 Å². The summed E-state index contributed by atoms with van der Waals surface area (Å²) < 4.78 is 6.30. The molecule has 0 radical (unpaired) electrons. The maximum absolute atomic E-state index is 11.3. The fourth-order valence-corrected chi connectivity index (χ4v) is 3.08. The first-order valence-corrected chi connectivity index (χ1v) is 7.77. The van der Waals surface area contributed by atoms with Crippen molar-refractivity contribution in [3.8, 4) is 5.75 Å². The number of hydrogen-bond acceptors (Lipinski definition) is 4. The van der Waals surface area contributed by atoms with E-state index in [1.807, 2.05) is 30.3 Å².